The number of rotatable bonds is 10. The van der Waals surface area contributed by atoms with Crippen LogP contribution in [0.5, 0.6) is 0 Å². The molecule has 216 valence electrons. The van der Waals surface area contributed by atoms with E-state index >= 15 is 0 Å². The van der Waals surface area contributed by atoms with E-state index in [1.165, 1.54) is 18.0 Å². The van der Waals surface area contributed by atoms with Gasteiger partial charge in [0.15, 0.2) is 11.6 Å². The Bertz CT molecular complexity index is 1480. The number of fused-ring (bicyclic) bond motifs is 1. The molecule has 2 aliphatic heterocycles. The van der Waals surface area contributed by atoms with Crippen LogP contribution in [0, 0.1) is 18.6 Å². The van der Waals surface area contributed by atoms with Gasteiger partial charge in [0.2, 0.25) is 0 Å². The maximum absolute atomic E-state index is 13.9. The summed E-state index contributed by atoms with van der Waals surface area (Å²) in [7, 11) is 3.77. The van der Waals surface area contributed by atoms with Gasteiger partial charge in [-0.05, 0) is 37.7 Å². The van der Waals surface area contributed by atoms with Crippen molar-refractivity contribution in [3.8, 4) is 16.9 Å². The molecule has 6 rings (SSSR count). The Morgan fingerprint density at radius 1 is 1.07 bits per heavy atom. The first-order chi connectivity index (χ1) is 19.9. The lowest BCUT2D eigenvalue weighted by molar-refractivity contribution is 0.158. The van der Waals surface area contributed by atoms with Gasteiger partial charge < -0.3 is 14.6 Å². The smallest absolute Gasteiger partial charge is 0.176 e. The van der Waals surface area contributed by atoms with Crippen molar-refractivity contribution in [1.82, 2.24) is 34.4 Å². The van der Waals surface area contributed by atoms with Crippen LogP contribution in [0.2, 0.25) is 0 Å². The number of halogens is 2. The molecule has 0 saturated carbocycles. The molecule has 9 nitrogen and oxygen atoms in total. The summed E-state index contributed by atoms with van der Waals surface area (Å²) in [6, 6.07) is 12.1. The lowest BCUT2D eigenvalue weighted by Crippen LogP contribution is -2.40. The Morgan fingerprint density at radius 2 is 1.85 bits per heavy atom. The second-order valence-electron chi connectivity index (χ2n) is 11.0. The summed E-state index contributed by atoms with van der Waals surface area (Å²) >= 11 is 0. The van der Waals surface area contributed by atoms with Crippen molar-refractivity contribution in [3.05, 3.63) is 83.4 Å². The number of para-hydroxylation sites is 1. The fraction of sp³-hybridized carbons (Fsp3) is 0.400. The molecule has 0 radical (unpaired) electrons. The van der Waals surface area contributed by atoms with Crippen LogP contribution in [-0.4, -0.2) is 82.2 Å². The molecule has 0 unspecified atom stereocenters. The first-order valence-electron chi connectivity index (χ1n) is 13.9. The molecule has 1 fully saturated rings. The summed E-state index contributed by atoms with van der Waals surface area (Å²) in [6.45, 7) is 6.99. The van der Waals surface area contributed by atoms with Gasteiger partial charge in [0.1, 0.15) is 5.82 Å². The molecule has 0 bridgehead atoms. The third-order valence-corrected chi connectivity index (χ3v) is 8.05. The van der Waals surface area contributed by atoms with Gasteiger partial charge in [-0.2, -0.15) is 5.10 Å². The quantitative estimate of drug-likeness (QED) is 0.285. The second kappa shape index (κ2) is 11.7. The molecule has 1 saturated heterocycles. The van der Waals surface area contributed by atoms with Crippen molar-refractivity contribution in [2.75, 3.05) is 52.4 Å². The van der Waals surface area contributed by atoms with E-state index in [1.807, 2.05) is 41.2 Å². The van der Waals surface area contributed by atoms with Gasteiger partial charge in [0.25, 0.3) is 0 Å². The average molecular weight is 563 g/mol. The molecule has 0 aliphatic carbocycles. The highest BCUT2D eigenvalue weighted by Gasteiger charge is 2.34. The zero-order valence-corrected chi connectivity index (χ0v) is 23.6. The molecule has 41 heavy (non-hydrogen) atoms. The lowest BCUT2D eigenvalue weighted by atomic mass is 10.1. The molecule has 2 atom stereocenters. The third kappa shape index (κ3) is 5.62. The Labute approximate surface area is 238 Å². The molecule has 3 aromatic heterocycles. The predicted octanol–water partition coefficient (Wildman–Crippen LogP) is 3.80. The number of ether oxygens (including phenoxy) is 1. The van der Waals surface area contributed by atoms with Gasteiger partial charge >= 0.3 is 0 Å². The highest BCUT2D eigenvalue weighted by molar-refractivity contribution is 5.70. The standard InChI is InChI=1S/C30H36F2N8O/c1-20-29(21-11-22-13-37(2)16-26(22)33-12-21)36-40(23-7-5-4-6-8-23)30(20)35-19-34-27-17-38(9-10-41-3)18-28(27)39-14-24(31)25(32)15-39/h4-8,11-12,14-15,27-28,34-35H,9-10,13,16-19H2,1-3H3/t27-,28-/m1/s1. The topological polar surface area (TPSA) is 75.4 Å². The van der Waals surface area contributed by atoms with Gasteiger partial charge in [-0.3, -0.25) is 20.1 Å². The molecule has 0 spiro atoms. The maximum atomic E-state index is 13.9. The van der Waals surface area contributed by atoms with Crippen LogP contribution in [0.25, 0.3) is 16.9 Å². The van der Waals surface area contributed by atoms with Crippen LogP contribution in [0.1, 0.15) is 22.9 Å². The second-order valence-corrected chi connectivity index (χ2v) is 11.0. The van der Waals surface area contributed by atoms with Crippen molar-refractivity contribution < 1.29 is 13.5 Å². The van der Waals surface area contributed by atoms with E-state index in [2.05, 4.69) is 40.5 Å². The fourth-order valence-corrected chi connectivity index (χ4v) is 5.93. The summed E-state index contributed by atoms with van der Waals surface area (Å²) in [6.07, 6.45) is 4.40. The van der Waals surface area contributed by atoms with Gasteiger partial charge in [0, 0.05) is 75.6 Å². The molecule has 5 heterocycles. The average Bonchev–Trinajstić information content (AvgIpc) is 3.72. The van der Waals surface area contributed by atoms with Crippen molar-refractivity contribution in [2.24, 2.45) is 0 Å². The van der Waals surface area contributed by atoms with Crippen molar-refractivity contribution in [1.29, 1.82) is 0 Å². The minimum atomic E-state index is -0.833. The number of benzene rings is 1. The number of hydrogen-bond donors (Lipinski definition) is 2. The number of likely N-dealkylation sites (tertiary alicyclic amines) is 1. The Kier molecular flexibility index (Phi) is 7.85. The zero-order valence-electron chi connectivity index (χ0n) is 23.6. The number of nitrogens with one attached hydrogen (secondary N) is 2. The molecule has 0 amide bonds. The zero-order chi connectivity index (χ0) is 28.5. The highest BCUT2D eigenvalue weighted by atomic mass is 19.2. The first-order valence-corrected chi connectivity index (χ1v) is 13.9. The van der Waals surface area contributed by atoms with E-state index < -0.39 is 11.6 Å². The minimum Gasteiger partial charge on any atom is -0.383 e. The number of aromatic nitrogens is 4. The summed E-state index contributed by atoms with van der Waals surface area (Å²) < 4.78 is 36.6. The van der Waals surface area contributed by atoms with E-state index in [1.54, 1.807) is 11.7 Å². The van der Waals surface area contributed by atoms with Crippen LogP contribution < -0.4 is 10.6 Å². The molecular weight excluding hydrogens is 526 g/mol. The molecule has 4 aromatic rings. The largest absolute Gasteiger partial charge is 0.383 e. The van der Waals surface area contributed by atoms with E-state index in [0.29, 0.717) is 19.8 Å². The monoisotopic (exact) mass is 562 g/mol. The predicted molar refractivity (Wildman–Crippen MR) is 154 cm³/mol. The van der Waals surface area contributed by atoms with Gasteiger partial charge in [0.05, 0.1) is 36.4 Å². The Morgan fingerprint density at radius 3 is 2.61 bits per heavy atom. The van der Waals surface area contributed by atoms with E-state index in [9.17, 15) is 8.78 Å². The molecule has 11 heteroatoms. The minimum absolute atomic E-state index is 0.0312. The maximum Gasteiger partial charge on any atom is 0.176 e. The number of anilines is 1. The summed E-state index contributed by atoms with van der Waals surface area (Å²) in [5, 5.41) is 12.2. The normalized spacial score (nSPS) is 19.2. The van der Waals surface area contributed by atoms with E-state index in [0.717, 1.165) is 60.2 Å². The Hall–Kier alpha value is -3.64. The molecule has 1 aromatic carbocycles. The Balaban J connectivity index is 1.25. The fourth-order valence-electron chi connectivity index (χ4n) is 5.93. The van der Waals surface area contributed by atoms with Crippen molar-refractivity contribution in [3.63, 3.8) is 0 Å². The SMILES string of the molecule is COCCN1C[C@@H](n2cc(F)c(F)c2)[C@H](NCNc2c(C)c(-c3cnc4c(c3)CN(C)C4)nn2-c2ccccc2)C1. The van der Waals surface area contributed by atoms with Gasteiger partial charge in [-0.15, -0.1) is 0 Å². The van der Waals surface area contributed by atoms with E-state index in [4.69, 9.17) is 14.8 Å². The van der Waals surface area contributed by atoms with Crippen LogP contribution in [0.3, 0.4) is 0 Å². The summed E-state index contributed by atoms with van der Waals surface area (Å²) in [5.41, 5.74) is 6.18. The number of nitrogens with zero attached hydrogens (tertiary/aromatic N) is 6. The molecular formula is C30H36F2N8O. The summed E-state index contributed by atoms with van der Waals surface area (Å²) in [5.74, 6) is -0.792. The lowest BCUT2D eigenvalue weighted by Gasteiger charge is -2.22. The highest BCUT2D eigenvalue weighted by Crippen LogP contribution is 2.32. The van der Waals surface area contributed by atoms with Crippen LogP contribution in [-0.2, 0) is 17.8 Å². The van der Waals surface area contributed by atoms with Crippen LogP contribution in [0.4, 0.5) is 14.6 Å². The van der Waals surface area contributed by atoms with Gasteiger partial charge in [-0.1, -0.05) is 18.2 Å². The van der Waals surface area contributed by atoms with Crippen LogP contribution >= 0.6 is 0 Å². The van der Waals surface area contributed by atoms with Gasteiger partial charge in [-0.25, -0.2) is 13.5 Å². The third-order valence-electron chi connectivity index (χ3n) is 8.05. The number of hydrogen-bond acceptors (Lipinski definition) is 7. The summed E-state index contributed by atoms with van der Waals surface area (Å²) in [4.78, 5) is 9.23. The molecule has 2 N–H and O–H groups in total. The number of methoxy groups -OCH3 is 1. The molecule has 2 aliphatic rings. The van der Waals surface area contributed by atoms with E-state index in [-0.39, 0.29) is 12.1 Å². The van der Waals surface area contributed by atoms with Crippen LogP contribution in [0.15, 0.2) is 55.0 Å². The van der Waals surface area contributed by atoms with Crippen molar-refractivity contribution >= 4 is 5.82 Å². The first kappa shape index (κ1) is 27.5. The number of pyridine rings is 1. The van der Waals surface area contributed by atoms with Crippen molar-refractivity contribution in [2.45, 2.75) is 32.1 Å².